The van der Waals surface area contributed by atoms with E-state index >= 15 is 0 Å². The van der Waals surface area contributed by atoms with E-state index in [1.54, 1.807) is 12.1 Å². The summed E-state index contributed by atoms with van der Waals surface area (Å²) < 4.78 is 5.45. The van der Waals surface area contributed by atoms with Crippen molar-refractivity contribution in [3.63, 3.8) is 0 Å². The van der Waals surface area contributed by atoms with Gasteiger partial charge in [-0.1, -0.05) is 0 Å². The van der Waals surface area contributed by atoms with Crippen molar-refractivity contribution in [3.8, 4) is 0 Å². The van der Waals surface area contributed by atoms with Crippen LogP contribution >= 0.6 is 0 Å². The van der Waals surface area contributed by atoms with Crippen molar-refractivity contribution in [2.75, 3.05) is 18.5 Å². The number of rotatable bonds is 4. The highest BCUT2D eigenvalue weighted by Gasteiger charge is 2.26. The minimum atomic E-state index is -0.0630. The molecule has 0 aromatic carbocycles. The van der Waals surface area contributed by atoms with Gasteiger partial charge in [0.05, 0.1) is 12.1 Å². The molecular weight excluding hydrogens is 242 g/mol. The highest BCUT2D eigenvalue weighted by molar-refractivity contribution is 5.95. The number of nitrogens with one attached hydrogen (secondary N) is 2. The predicted molar refractivity (Wildman–Crippen MR) is 74.4 cm³/mol. The lowest BCUT2D eigenvalue weighted by atomic mass is 10.1. The van der Waals surface area contributed by atoms with E-state index in [2.05, 4.69) is 15.6 Å². The average Bonchev–Trinajstić information content (AvgIpc) is 2.75. The fraction of sp³-hybridized carbons (Fsp3) is 0.571. The van der Waals surface area contributed by atoms with Crippen LogP contribution in [0.5, 0.6) is 0 Å². The van der Waals surface area contributed by atoms with Crippen LogP contribution in [0.1, 0.15) is 36.3 Å². The minimum Gasteiger partial charge on any atom is -0.376 e. The van der Waals surface area contributed by atoms with E-state index in [1.165, 1.54) is 0 Å². The Morgan fingerprint density at radius 3 is 2.95 bits per heavy atom. The van der Waals surface area contributed by atoms with Crippen LogP contribution in [0.4, 0.5) is 5.82 Å². The molecule has 1 amide bonds. The maximum absolute atomic E-state index is 12.2. The molecule has 1 fully saturated rings. The van der Waals surface area contributed by atoms with Gasteiger partial charge in [0.25, 0.3) is 5.91 Å². The third-order valence-corrected chi connectivity index (χ3v) is 3.27. The van der Waals surface area contributed by atoms with E-state index in [9.17, 15) is 4.79 Å². The molecule has 2 unspecified atom stereocenters. The number of carbonyl (C=O) groups is 1. The number of nitrogens with zero attached hydrogens (tertiary/aromatic N) is 1. The monoisotopic (exact) mass is 263 g/mol. The first-order valence-corrected chi connectivity index (χ1v) is 6.75. The fourth-order valence-electron chi connectivity index (χ4n) is 2.24. The minimum absolute atomic E-state index is 0.0630. The molecule has 0 radical (unpaired) electrons. The maximum Gasteiger partial charge on any atom is 0.251 e. The Balaban J connectivity index is 2.09. The standard InChI is InChI=1S/C14H21N3O2/c1-4-15-13-8-11(7-9(2)16-13)14(18)17-12-5-6-19-10(12)3/h7-8,10,12H,4-6H2,1-3H3,(H,15,16)(H,17,18). The molecule has 104 valence electrons. The van der Waals surface area contributed by atoms with Crippen molar-refractivity contribution in [2.45, 2.75) is 39.3 Å². The molecule has 2 atom stereocenters. The van der Waals surface area contributed by atoms with Crippen LogP contribution < -0.4 is 10.6 Å². The number of hydrogen-bond acceptors (Lipinski definition) is 4. The topological polar surface area (TPSA) is 63.2 Å². The van der Waals surface area contributed by atoms with Gasteiger partial charge in [-0.15, -0.1) is 0 Å². The molecule has 2 N–H and O–H groups in total. The second-order valence-electron chi connectivity index (χ2n) is 4.86. The normalized spacial score (nSPS) is 22.3. The summed E-state index contributed by atoms with van der Waals surface area (Å²) in [5, 5.41) is 6.15. The largest absolute Gasteiger partial charge is 0.376 e. The van der Waals surface area contributed by atoms with Gasteiger partial charge in [0.1, 0.15) is 5.82 Å². The zero-order valence-electron chi connectivity index (χ0n) is 11.7. The Hall–Kier alpha value is -1.62. The number of amides is 1. The molecule has 2 heterocycles. The molecule has 5 heteroatoms. The fourth-order valence-corrected chi connectivity index (χ4v) is 2.24. The number of aryl methyl sites for hydroxylation is 1. The number of hydrogen-bond donors (Lipinski definition) is 2. The van der Waals surface area contributed by atoms with Crippen LogP contribution in [-0.4, -0.2) is 36.2 Å². The van der Waals surface area contributed by atoms with Crippen molar-refractivity contribution < 1.29 is 9.53 Å². The van der Waals surface area contributed by atoms with Crippen molar-refractivity contribution in [1.82, 2.24) is 10.3 Å². The van der Waals surface area contributed by atoms with Crippen LogP contribution in [0.25, 0.3) is 0 Å². The van der Waals surface area contributed by atoms with Crippen LogP contribution in [0.2, 0.25) is 0 Å². The van der Waals surface area contributed by atoms with Crippen LogP contribution in [0.15, 0.2) is 12.1 Å². The Bertz CT molecular complexity index is 462. The van der Waals surface area contributed by atoms with E-state index < -0.39 is 0 Å². The molecule has 1 aliphatic rings. The van der Waals surface area contributed by atoms with Gasteiger partial charge in [0.2, 0.25) is 0 Å². The third-order valence-electron chi connectivity index (χ3n) is 3.27. The second-order valence-corrected chi connectivity index (χ2v) is 4.86. The van der Waals surface area contributed by atoms with E-state index in [4.69, 9.17) is 4.74 Å². The molecule has 1 aromatic rings. The number of anilines is 1. The molecule has 2 rings (SSSR count). The zero-order valence-corrected chi connectivity index (χ0v) is 11.7. The summed E-state index contributed by atoms with van der Waals surface area (Å²) in [6.07, 6.45) is 0.956. The van der Waals surface area contributed by atoms with E-state index in [-0.39, 0.29) is 18.1 Å². The Kier molecular flexibility index (Phi) is 4.37. The molecule has 0 spiro atoms. The molecule has 19 heavy (non-hydrogen) atoms. The number of aromatic nitrogens is 1. The Labute approximate surface area is 113 Å². The smallest absolute Gasteiger partial charge is 0.251 e. The van der Waals surface area contributed by atoms with Gasteiger partial charge in [0, 0.05) is 24.4 Å². The molecular formula is C14H21N3O2. The third kappa shape index (κ3) is 3.44. The van der Waals surface area contributed by atoms with Crippen LogP contribution in [0.3, 0.4) is 0 Å². The van der Waals surface area contributed by atoms with Gasteiger partial charge >= 0.3 is 0 Å². The predicted octanol–water partition coefficient (Wildman–Crippen LogP) is 1.73. The van der Waals surface area contributed by atoms with Crippen molar-refractivity contribution in [2.24, 2.45) is 0 Å². The lowest BCUT2D eigenvalue weighted by Gasteiger charge is -2.16. The molecule has 1 aromatic heterocycles. The van der Waals surface area contributed by atoms with Gasteiger partial charge in [-0.25, -0.2) is 4.98 Å². The molecule has 5 nitrogen and oxygen atoms in total. The first-order valence-electron chi connectivity index (χ1n) is 6.75. The maximum atomic E-state index is 12.2. The van der Waals surface area contributed by atoms with Crippen molar-refractivity contribution in [1.29, 1.82) is 0 Å². The van der Waals surface area contributed by atoms with Crippen LogP contribution in [-0.2, 0) is 4.74 Å². The average molecular weight is 263 g/mol. The summed E-state index contributed by atoms with van der Waals surface area (Å²) in [6, 6.07) is 3.69. The van der Waals surface area contributed by atoms with Gasteiger partial charge in [-0.05, 0) is 39.3 Å². The Morgan fingerprint density at radius 1 is 1.53 bits per heavy atom. The van der Waals surface area contributed by atoms with Gasteiger partial charge in [-0.3, -0.25) is 4.79 Å². The summed E-state index contributed by atoms with van der Waals surface area (Å²) in [6.45, 7) is 7.37. The number of carbonyl (C=O) groups excluding carboxylic acids is 1. The molecule has 1 aliphatic heterocycles. The molecule has 0 aliphatic carbocycles. The van der Waals surface area contributed by atoms with Crippen LogP contribution in [0, 0.1) is 6.92 Å². The number of ether oxygens (including phenoxy) is 1. The summed E-state index contributed by atoms with van der Waals surface area (Å²) in [7, 11) is 0. The van der Waals surface area contributed by atoms with Gasteiger partial charge in [-0.2, -0.15) is 0 Å². The first kappa shape index (κ1) is 13.8. The summed E-state index contributed by atoms with van der Waals surface area (Å²) >= 11 is 0. The van der Waals surface area contributed by atoms with Gasteiger partial charge in [0.15, 0.2) is 0 Å². The summed E-state index contributed by atoms with van der Waals surface area (Å²) in [5.74, 6) is 0.676. The summed E-state index contributed by atoms with van der Waals surface area (Å²) in [4.78, 5) is 16.6. The van der Waals surface area contributed by atoms with Gasteiger partial charge < -0.3 is 15.4 Å². The van der Waals surface area contributed by atoms with E-state index in [0.717, 1.165) is 24.5 Å². The SMILES string of the molecule is CCNc1cc(C(=O)NC2CCOC2C)cc(C)n1. The van der Waals surface area contributed by atoms with E-state index in [0.29, 0.717) is 12.2 Å². The molecule has 0 bridgehead atoms. The first-order chi connectivity index (χ1) is 9.10. The van der Waals surface area contributed by atoms with Crippen molar-refractivity contribution in [3.05, 3.63) is 23.4 Å². The molecule has 0 saturated carbocycles. The van der Waals surface area contributed by atoms with E-state index in [1.807, 2.05) is 20.8 Å². The molecule has 1 saturated heterocycles. The highest BCUT2D eigenvalue weighted by atomic mass is 16.5. The zero-order chi connectivity index (χ0) is 13.8. The van der Waals surface area contributed by atoms with Crippen molar-refractivity contribution >= 4 is 11.7 Å². The second kappa shape index (κ2) is 6.02. The lowest BCUT2D eigenvalue weighted by molar-refractivity contribution is 0.0866. The Morgan fingerprint density at radius 2 is 2.32 bits per heavy atom. The number of pyridine rings is 1. The highest BCUT2D eigenvalue weighted by Crippen LogP contribution is 2.15. The quantitative estimate of drug-likeness (QED) is 0.868. The summed E-state index contributed by atoms with van der Waals surface area (Å²) in [5.41, 5.74) is 1.47. The lowest BCUT2D eigenvalue weighted by Crippen LogP contribution is -2.39.